The number of anilines is 1. The van der Waals surface area contributed by atoms with Crippen LogP contribution in [0, 0.1) is 0 Å². The number of halogens is 4. The van der Waals surface area contributed by atoms with Gasteiger partial charge in [-0.15, -0.1) is 0 Å². The second-order valence-corrected chi connectivity index (χ2v) is 5.47. The van der Waals surface area contributed by atoms with E-state index in [1.165, 1.54) is 0 Å². The molecular formula is C8H6Cl2F2N2O3S. The summed E-state index contributed by atoms with van der Waals surface area (Å²) in [5.74, 6) is -1.61. The third-order valence-electron chi connectivity index (χ3n) is 1.79. The van der Waals surface area contributed by atoms with Crippen LogP contribution in [0.15, 0.2) is 17.0 Å². The Bertz CT molecular complexity index is 569. The maximum absolute atomic E-state index is 12.0. The zero-order valence-electron chi connectivity index (χ0n) is 8.45. The number of hydrogen-bond donors (Lipinski definition) is 2. The van der Waals surface area contributed by atoms with E-state index in [0.29, 0.717) is 0 Å². The summed E-state index contributed by atoms with van der Waals surface area (Å²) in [5, 5.41) is 5.97. The highest BCUT2D eigenvalue weighted by molar-refractivity contribution is 7.89. The molecule has 0 radical (unpaired) electrons. The summed E-state index contributed by atoms with van der Waals surface area (Å²) in [6.45, 7) is 0. The van der Waals surface area contributed by atoms with Gasteiger partial charge in [-0.25, -0.2) is 13.6 Å². The highest BCUT2D eigenvalue weighted by Gasteiger charge is 2.20. The molecule has 0 heterocycles. The molecule has 10 heteroatoms. The predicted molar refractivity (Wildman–Crippen MR) is 62.5 cm³/mol. The van der Waals surface area contributed by atoms with Crippen molar-refractivity contribution >= 4 is 44.8 Å². The van der Waals surface area contributed by atoms with Gasteiger partial charge in [-0.2, -0.15) is 8.78 Å². The number of carbonyl (C=O) groups excluding carboxylic acids is 1. The van der Waals surface area contributed by atoms with E-state index in [4.69, 9.17) is 28.3 Å². The van der Waals surface area contributed by atoms with E-state index in [1.807, 2.05) is 0 Å². The number of amides is 1. The molecule has 0 aliphatic carbocycles. The van der Waals surface area contributed by atoms with Gasteiger partial charge >= 0.3 is 6.43 Å². The van der Waals surface area contributed by atoms with Gasteiger partial charge in [0.1, 0.15) is 0 Å². The molecule has 5 nitrogen and oxygen atoms in total. The number of hydrogen-bond acceptors (Lipinski definition) is 3. The topological polar surface area (TPSA) is 89.3 Å². The Morgan fingerprint density at radius 3 is 2.06 bits per heavy atom. The predicted octanol–water partition coefficient (Wildman–Crippen LogP) is 1.84. The van der Waals surface area contributed by atoms with Crippen molar-refractivity contribution in [3.05, 3.63) is 22.2 Å². The third kappa shape index (κ3) is 3.52. The standard InChI is InChI=1S/C8H6Cl2F2N2O3S/c9-4-1-3(18(13,16)17)2-5(10)6(4)14-8(15)7(11)12/h1-2,7H,(H,14,15)(H2,13,16,17). The van der Waals surface area contributed by atoms with Crippen molar-refractivity contribution in [1.82, 2.24) is 0 Å². The molecule has 0 unspecified atom stereocenters. The van der Waals surface area contributed by atoms with Crippen LogP contribution in [0.2, 0.25) is 10.0 Å². The molecule has 0 saturated heterocycles. The number of rotatable bonds is 3. The van der Waals surface area contributed by atoms with Crippen molar-refractivity contribution in [2.75, 3.05) is 5.32 Å². The van der Waals surface area contributed by atoms with Gasteiger partial charge in [0.15, 0.2) is 0 Å². The van der Waals surface area contributed by atoms with E-state index in [1.54, 1.807) is 5.32 Å². The Hall–Kier alpha value is -0.960. The molecular weight excluding hydrogens is 313 g/mol. The van der Waals surface area contributed by atoms with Crippen LogP contribution < -0.4 is 10.5 Å². The van der Waals surface area contributed by atoms with E-state index in [9.17, 15) is 22.0 Å². The average molecular weight is 319 g/mol. The van der Waals surface area contributed by atoms with Crippen LogP contribution in [0.25, 0.3) is 0 Å². The van der Waals surface area contributed by atoms with Gasteiger partial charge in [0, 0.05) is 0 Å². The SMILES string of the molecule is NS(=O)(=O)c1cc(Cl)c(NC(=O)C(F)F)c(Cl)c1. The maximum atomic E-state index is 12.0. The first-order chi connectivity index (χ1) is 8.12. The molecule has 1 rings (SSSR count). The van der Waals surface area contributed by atoms with Crippen molar-refractivity contribution in [3.8, 4) is 0 Å². The summed E-state index contributed by atoms with van der Waals surface area (Å²) >= 11 is 11.3. The molecule has 0 saturated carbocycles. The number of sulfonamides is 1. The Kier molecular flexibility index (Phi) is 4.49. The van der Waals surface area contributed by atoms with Crippen molar-refractivity contribution in [2.24, 2.45) is 5.14 Å². The summed E-state index contributed by atoms with van der Waals surface area (Å²) in [5.41, 5.74) is -0.309. The van der Waals surface area contributed by atoms with Crippen molar-refractivity contribution in [1.29, 1.82) is 0 Å². The van der Waals surface area contributed by atoms with Crippen LogP contribution in [0.5, 0.6) is 0 Å². The molecule has 18 heavy (non-hydrogen) atoms. The fourth-order valence-electron chi connectivity index (χ4n) is 1.01. The molecule has 1 aromatic rings. The molecule has 100 valence electrons. The van der Waals surface area contributed by atoms with Crippen molar-refractivity contribution in [3.63, 3.8) is 0 Å². The highest BCUT2D eigenvalue weighted by Crippen LogP contribution is 2.33. The number of carbonyl (C=O) groups is 1. The van der Waals surface area contributed by atoms with Crippen LogP contribution in [-0.2, 0) is 14.8 Å². The summed E-state index contributed by atoms with van der Waals surface area (Å²) in [6.07, 6.45) is -3.25. The summed E-state index contributed by atoms with van der Waals surface area (Å²) in [6, 6.07) is 1.79. The van der Waals surface area contributed by atoms with Crippen molar-refractivity contribution in [2.45, 2.75) is 11.3 Å². The van der Waals surface area contributed by atoms with Gasteiger partial charge in [-0.1, -0.05) is 23.2 Å². The van der Waals surface area contributed by atoms with E-state index in [-0.39, 0.29) is 15.7 Å². The molecule has 0 aromatic heterocycles. The lowest BCUT2D eigenvalue weighted by molar-refractivity contribution is -0.126. The van der Waals surface area contributed by atoms with E-state index in [0.717, 1.165) is 12.1 Å². The van der Waals surface area contributed by atoms with Crippen LogP contribution in [-0.4, -0.2) is 20.8 Å². The molecule has 3 N–H and O–H groups in total. The molecule has 1 aromatic carbocycles. The Morgan fingerprint density at radius 2 is 1.72 bits per heavy atom. The van der Waals surface area contributed by atoms with Gasteiger partial charge in [0.25, 0.3) is 5.91 Å². The largest absolute Gasteiger partial charge is 0.319 e. The fourth-order valence-corrected chi connectivity index (χ4v) is 2.29. The monoisotopic (exact) mass is 318 g/mol. The number of primary sulfonamides is 1. The lowest BCUT2D eigenvalue weighted by Crippen LogP contribution is -2.21. The van der Waals surface area contributed by atoms with Gasteiger partial charge in [-0.3, -0.25) is 4.79 Å². The first-order valence-electron chi connectivity index (χ1n) is 4.24. The summed E-state index contributed by atoms with van der Waals surface area (Å²) in [7, 11) is -4.04. The number of benzene rings is 1. The third-order valence-corrected chi connectivity index (χ3v) is 3.28. The van der Waals surface area contributed by atoms with E-state index >= 15 is 0 Å². The van der Waals surface area contributed by atoms with Crippen LogP contribution >= 0.6 is 23.2 Å². The fraction of sp³-hybridized carbons (Fsp3) is 0.125. The van der Waals surface area contributed by atoms with Crippen LogP contribution in [0.1, 0.15) is 0 Å². The summed E-state index contributed by atoms with van der Waals surface area (Å²) < 4.78 is 46.1. The Labute approximate surface area is 111 Å². The molecule has 0 bridgehead atoms. The normalized spacial score (nSPS) is 11.7. The minimum Gasteiger partial charge on any atom is -0.319 e. The van der Waals surface area contributed by atoms with Gasteiger partial charge in [0.2, 0.25) is 10.0 Å². The second-order valence-electron chi connectivity index (χ2n) is 3.10. The molecule has 0 fully saturated rings. The molecule has 0 spiro atoms. The highest BCUT2D eigenvalue weighted by atomic mass is 35.5. The zero-order valence-corrected chi connectivity index (χ0v) is 10.8. The molecule has 0 atom stereocenters. The number of nitrogens with two attached hydrogens (primary N) is 1. The minimum absolute atomic E-state index is 0.309. The lowest BCUT2D eigenvalue weighted by atomic mass is 10.3. The first-order valence-corrected chi connectivity index (χ1v) is 6.54. The lowest BCUT2D eigenvalue weighted by Gasteiger charge is -2.10. The van der Waals surface area contributed by atoms with Gasteiger partial charge < -0.3 is 5.32 Å². The molecule has 1 amide bonds. The maximum Gasteiger partial charge on any atom is 0.315 e. The van der Waals surface area contributed by atoms with Crippen molar-refractivity contribution < 1.29 is 22.0 Å². The Balaban J connectivity index is 3.22. The van der Waals surface area contributed by atoms with Gasteiger partial charge in [0.05, 0.1) is 20.6 Å². The van der Waals surface area contributed by atoms with E-state index in [2.05, 4.69) is 0 Å². The van der Waals surface area contributed by atoms with Gasteiger partial charge in [-0.05, 0) is 12.1 Å². The summed E-state index contributed by atoms with van der Waals surface area (Å²) in [4.78, 5) is 10.4. The molecule has 0 aliphatic rings. The van der Waals surface area contributed by atoms with E-state index < -0.39 is 27.3 Å². The Morgan fingerprint density at radius 1 is 1.28 bits per heavy atom. The number of alkyl halides is 2. The van der Waals surface area contributed by atoms with Crippen LogP contribution in [0.3, 0.4) is 0 Å². The number of nitrogens with one attached hydrogen (secondary N) is 1. The minimum atomic E-state index is -4.04. The second kappa shape index (κ2) is 5.35. The molecule has 0 aliphatic heterocycles. The smallest absolute Gasteiger partial charge is 0.315 e. The van der Waals surface area contributed by atoms with Crippen LogP contribution in [0.4, 0.5) is 14.5 Å². The zero-order chi connectivity index (χ0) is 14.1. The average Bonchev–Trinajstić information content (AvgIpc) is 2.21. The quantitative estimate of drug-likeness (QED) is 0.891. The first kappa shape index (κ1) is 15.1.